The summed E-state index contributed by atoms with van der Waals surface area (Å²) in [4.78, 5) is 22.4. The number of hydrogen-bond acceptors (Lipinski definition) is 3. The third-order valence-corrected chi connectivity index (χ3v) is 2.52. The topological polar surface area (TPSA) is 78.4 Å². The van der Waals surface area contributed by atoms with E-state index in [-0.39, 0.29) is 24.3 Å². The zero-order valence-corrected chi connectivity index (χ0v) is 8.79. The molecule has 1 atom stereocenters. The molecule has 1 aliphatic heterocycles. The molecule has 0 bridgehead atoms. The van der Waals surface area contributed by atoms with Crippen LogP contribution in [-0.4, -0.2) is 36.6 Å². The maximum absolute atomic E-state index is 11.5. The van der Waals surface area contributed by atoms with Gasteiger partial charge >= 0.3 is 0 Å². The molecule has 86 valence electrons. The van der Waals surface area contributed by atoms with E-state index in [2.05, 4.69) is 10.6 Å². The predicted molar refractivity (Wildman–Crippen MR) is 55.1 cm³/mol. The smallest absolute Gasteiger partial charge is 0.224 e. The predicted octanol–water partition coefficient (Wildman–Crippen LogP) is -0.599. The third kappa shape index (κ3) is 4.29. The molecule has 0 aliphatic carbocycles. The van der Waals surface area contributed by atoms with Crippen LogP contribution in [-0.2, 0) is 9.59 Å². The number of carbonyl (C=O) groups excluding carboxylic acids is 2. The summed E-state index contributed by atoms with van der Waals surface area (Å²) < 4.78 is 0. The fourth-order valence-corrected chi connectivity index (χ4v) is 1.55. The summed E-state index contributed by atoms with van der Waals surface area (Å²) in [6.45, 7) is 1.21. The van der Waals surface area contributed by atoms with Crippen molar-refractivity contribution in [1.82, 2.24) is 10.6 Å². The fraction of sp³-hybridized carbons (Fsp3) is 0.800. The molecule has 3 N–H and O–H groups in total. The first-order valence-corrected chi connectivity index (χ1v) is 5.39. The van der Waals surface area contributed by atoms with Crippen LogP contribution in [0.5, 0.6) is 0 Å². The molecule has 1 saturated heterocycles. The van der Waals surface area contributed by atoms with Crippen molar-refractivity contribution in [2.24, 2.45) is 5.92 Å². The van der Waals surface area contributed by atoms with Gasteiger partial charge in [0.25, 0.3) is 0 Å². The monoisotopic (exact) mass is 214 g/mol. The molecular formula is C10H18N2O3. The fourth-order valence-electron chi connectivity index (χ4n) is 1.55. The van der Waals surface area contributed by atoms with E-state index in [9.17, 15) is 9.59 Å². The van der Waals surface area contributed by atoms with E-state index in [4.69, 9.17) is 5.11 Å². The first-order valence-electron chi connectivity index (χ1n) is 5.39. The Labute approximate surface area is 89.2 Å². The van der Waals surface area contributed by atoms with Crippen LogP contribution < -0.4 is 10.6 Å². The zero-order chi connectivity index (χ0) is 11.1. The van der Waals surface area contributed by atoms with E-state index >= 15 is 0 Å². The normalized spacial score (nSPS) is 20.9. The Morgan fingerprint density at radius 1 is 1.53 bits per heavy atom. The molecule has 0 aromatic carbocycles. The second-order valence-electron chi connectivity index (χ2n) is 3.76. The molecule has 1 fully saturated rings. The molecule has 1 rings (SSSR count). The Hall–Kier alpha value is -1.10. The van der Waals surface area contributed by atoms with Gasteiger partial charge in [0, 0.05) is 26.1 Å². The number of carbonyl (C=O) groups is 2. The largest absolute Gasteiger partial charge is 0.396 e. The molecule has 0 spiro atoms. The van der Waals surface area contributed by atoms with Gasteiger partial charge in [-0.25, -0.2) is 0 Å². The van der Waals surface area contributed by atoms with Gasteiger partial charge in [-0.05, 0) is 19.3 Å². The van der Waals surface area contributed by atoms with Crippen LogP contribution in [0.25, 0.3) is 0 Å². The van der Waals surface area contributed by atoms with E-state index in [1.807, 2.05) is 0 Å². The number of rotatable bonds is 5. The van der Waals surface area contributed by atoms with Crippen LogP contribution in [0.3, 0.4) is 0 Å². The number of unbranched alkanes of at least 4 members (excludes halogenated alkanes) is 1. The highest BCUT2D eigenvalue weighted by atomic mass is 16.3. The highest BCUT2D eigenvalue weighted by Gasteiger charge is 2.23. The molecule has 0 saturated carbocycles. The van der Waals surface area contributed by atoms with E-state index in [0.717, 1.165) is 6.42 Å². The summed E-state index contributed by atoms with van der Waals surface area (Å²) in [7, 11) is 0. The Morgan fingerprint density at radius 3 is 2.93 bits per heavy atom. The summed E-state index contributed by atoms with van der Waals surface area (Å²) >= 11 is 0. The van der Waals surface area contributed by atoms with Gasteiger partial charge < -0.3 is 15.7 Å². The maximum atomic E-state index is 11.5. The van der Waals surface area contributed by atoms with Gasteiger partial charge in [0.05, 0.1) is 5.92 Å². The van der Waals surface area contributed by atoms with Crippen LogP contribution in [0.2, 0.25) is 0 Å². The number of piperidine rings is 1. The minimum atomic E-state index is -0.0863. The number of aliphatic hydroxyl groups is 1. The van der Waals surface area contributed by atoms with Gasteiger partial charge in [-0.2, -0.15) is 0 Å². The highest BCUT2D eigenvalue weighted by Crippen LogP contribution is 2.10. The van der Waals surface area contributed by atoms with E-state index in [1.165, 1.54) is 0 Å². The van der Waals surface area contributed by atoms with Gasteiger partial charge in [-0.3, -0.25) is 9.59 Å². The van der Waals surface area contributed by atoms with Crippen molar-refractivity contribution in [1.29, 1.82) is 0 Å². The van der Waals surface area contributed by atoms with Crippen molar-refractivity contribution < 1.29 is 14.7 Å². The second-order valence-corrected chi connectivity index (χ2v) is 3.76. The molecule has 1 aliphatic rings. The molecule has 1 heterocycles. The summed E-state index contributed by atoms with van der Waals surface area (Å²) in [5, 5.41) is 14.0. The third-order valence-electron chi connectivity index (χ3n) is 2.52. The van der Waals surface area contributed by atoms with Crippen molar-refractivity contribution in [3.05, 3.63) is 0 Å². The quantitative estimate of drug-likeness (QED) is 0.535. The number of nitrogens with one attached hydrogen (secondary N) is 2. The minimum absolute atomic E-state index is 0.00735. The number of amides is 2. The lowest BCUT2D eigenvalue weighted by Crippen LogP contribution is -2.43. The highest BCUT2D eigenvalue weighted by molar-refractivity contribution is 5.83. The van der Waals surface area contributed by atoms with E-state index in [0.29, 0.717) is 32.4 Å². The summed E-state index contributed by atoms with van der Waals surface area (Å²) in [5.41, 5.74) is 0. The molecule has 0 aromatic heterocycles. The molecule has 5 heteroatoms. The Kier molecular flexibility index (Phi) is 5.10. The summed E-state index contributed by atoms with van der Waals surface area (Å²) in [5.74, 6) is -0.0518. The molecule has 0 aromatic rings. The van der Waals surface area contributed by atoms with Crippen molar-refractivity contribution >= 4 is 11.8 Å². The van der Waals surface area contributed by atoms with Gasteiger partial charge in [0.2, 0.25) is 11.8 Å². The van der Waals surface area contributed by atoms with E-state index in [1.54, 1.807) is 0 Å². The summed E-state index contributed by atoms with van der Waals surface area (Å²) in [6, 6.07) is 0. The second kappa shape index (κ2) is 6.40. The first kappa shape index (κ1) is 12.0. The maximum Gasteiger partial charge on any atom is 0.224 e. The minimum Gasteiger partial charge on any atom is -0.396 e. The molecule has 1 unspecified atom stereocenters. The number of hydrogen-bond donors (Lipinski definition) is 3. The van der Waals surface area contributed by atoms with E-state index < -0.39 is 0 Å². The van der Waals surface area contributed by atoms with Crippen LogP contribution >= 0.6 is 0 Å². The molecule has 15 heavy (non-hydrogen) atoms. The Morgan fingerprint density at radius 2 is 2.33 bits per heavy atom. The van der Waals surface area contributed by atoms with Crippen LogP contribution in [0.1, 0.15) is 25.7 Å². The van der Waals surface area contributed by atoms with Gasteiger partial charge in [-0.15, -0.1) is 0 Å². The average molecular weight is 214 g/mol. The average Bonchev–Trinajstić information content (AvgIpc) is 2.25. The van der Waals surface area contributed by atoms with Crippen molar-refractivity contribution in [3.63, 3.8) is 0 Å². The summed E-state index contributed by atoms with van der Waals surface area (Å²) in [6.07, 6.45) is 2.58. The lowest BCUT2D eigenvalue weighted by atomic mass is 9.98. The van der Waals surface area contributed by atoms with Crippen LogP contribution in [0.15, 0.2) is 0 Å². The molecule has 0 radical (unpaired) electrons. The standard InChI is InChI=1S/C10H18N2O3/c13-6-2-1-5-11-10(15)8-3-4-9(14)12-7-8/h8,13H,1-7H2,(H,11,15)(H,12,14). The molecule has 2 amide bonds. The van der Waals surface area contributed by atoms with Crippen molar-refractivity contribution in [2.75, 3.05) is 19.7 Å². The van der Waals surface area contributed by atoms with Gasteiger partial charge in [0.15, 0.2) is 0 Å². The SMILES string of the molecule is O=C1CCC(C(=O)NCCCCO)CN1. The first-order chi connectivity index (χ1) is 7.24. The molecular weight excluding hydrogens is 196 g/mol. The molecule has 5 nitrogen and oxygen atoms in total. The Balaban J connectivity index is 2.14. The Bertz CT molecular complexity index is 221. The zero-order valence-electron chi connectivity index (χ0n) is 8.79. The number of aliphatic hydroxyl groups excluding tert-OH is 1. The lowest BCUT2D eigenvalue weighted by molar-refractivity contribution is -0.128. The van der Waals surface area contributed by atoms with Gasteiger partial charge in [0.1, 0.15) is 0 Å². The van der Waals surface area contributed by atoms with Crippen LogP contribution in [0.4, 0.5) is 0 Å². The van der Waals surface area contributed by atoms with Crippen LogP contribution in [0, 0.1) is 5.92 Å². The van der Waals surface area contributed by atoms with Gasteiger partial charge in [-0.1, -0.05) is 0 Å². The lowest BCUT2D eigenvalue weighted by Gasteiger charge is -2.21. The van der Waals surface area contributed by atoms with Crippen molar-refractivity contribution in [3.8, 4) is 0 Å². The van der Waals surface area contributed by atoms with Crippen molar-refractivity contribution in [2.45, 2.75) is 25.7 Å².